The molecule has 0 aromatic carbocycles. The van der Waals surface area contributed by atoms with Crippen molar-refractivity contribution in [2.45, 2.75) is 39.2 Å². The minimum absolute atomic E-state index is 0.118. The molecule has 0 amide bonds. The molecule has 0 unspecified atom stereocenters. The van der Waals surface area contributed by atoms with E-state index in [1.165, 1.54) is 5.56 Å². The molecule has 0 aliphatic rings. The Kier molecular flexibility index (Phi) is 3.51. The summed E-state index contributed by atoms with van der Waals surface area (Å²) in [4.78, 5) is 4.10. The largest absolute Gasteiger partial charge is 0.326 e. The van der Waals surface area contributed by atoms with Gasteiger partial charge in [-0.1, -0.05) is 17.7 Å². The Balaban J connectivity index is 2.65. The van der Waals surface area contributed by atoms with E-state index in [0.717, 1.165) is 18.4 Å². The first-order valence-electron chi connectivity index (χ1n) is 4.78. The van der Waals surface area contributed by atoms with Crippen LogP contribution in [-0.2, 0) is 6.42 Å². The molecular formula is C11H17ClN2. The molecule has 2 nitrogen and oxygen atoms in total. The van der Waals surface area contributed by atoms with Crippen molar-refractivity contribution in [1.29, 1.82) is 0 Å². The quantitative estimate of drug-likeness (QED) is 0.783. The molecule has 0 aliphatic carbocycles. The fourth-order valence-corrected chi connectivity index (χ4v) is 1.32. The minimum atomic E-state index is -0.118. The number of halogens is 1. The Bertz CT molecular complexity index is 316. The predicted molar refractivity (Wildman–Crippen MR) is 60.6 cm³/mol. The Hall–Kier alpha value is -0.600. The molecule has 0 spiro atoms. The molecule has 0 aliphatic heterocycles. The molecule has 1 aromatic heterocycles. The number of nitrogens with two attached hydrogens (primary N) is 1. The van der Waals surface area contributed by atoms with Crippen LogP contribution in [0, 0.1) is 6.92 Å². The third-order valence-corrected chi connectivity index (χ3v) is 2.52. The van der Waals surface area contributed by atoms with Crippen LogP contribution in [0.15, 0.2) is 12.3 Å². The lowest BCUT2D eigenvalue weighted by Crippen LogP contribution is -2.32. The zero-order valence-electron chi connectivity index (χ0n) is 8.97. The number of hydrogen-bond donors (Lipinski definition) is 1. The average molecular weight is 213 g/mol. The van der Waals surface area contributed by atoms with Gasteiger partial charge in [0.15, 0.2) is 0 Å². The van der Waals surface area contributed by atoms with Crippen LogP contribution < -0.4 is 5.73 Å². The smallest absolute Gasteiger partial charge is 0.131 e. The van der Waals surface area contributed by atoms with E-state index in [1.807, 2.05) is 27.0 Å². The molecule has 0 bridgehead atoms. The highest BCUT2D eigenvalue weighted by Crippen LogP contribution is 2.15. The topological polar surface area (TPSA) is 38.9 Å². The molecule has 78 valence electrons. The second-order valence-corrected chi connectivity index (χ2v) is 4.80. The Morgan fingerprint density at radius 2 is 2.14 bits per heavy atom. The summed E-state index contributed by atoms with van der Waals surface area (Å²) in [5.41, 5.74) is 8.01. The molecule has 1 heterocycles. The van der Waals surface area contributed by atoms with E-state index in [0.29, 0.717) is 5.15 Å². The Morgan fingerprint density at radius 3 is 2.64 bits per heavy atom. The molecule has 0 radical (unpaired) electrons. The van der Waals surface area contributed by atoms with Gasteiger partial charge in [-0.2, -0.15) is 0 Å². The Morgan fingerprint density at radius 1 is 1.50 bits per heavy atom. The Labute approximate surface area is 90.5 Å². The summed E-state index contributed by atoms with van der Waals surface area (Å²) in [5.74, 6) is 0. The SMILES string of the molecule is Cc1cc(CCC(C)(C)N)cnc1Cl. The van der Waals surface area contributed by atoms with Gasteiger partial charge in [0, 0.05) is 11.7 Å². The van der Waals surface area contributed by atoms with Crippen molar-refractivity contribution in [2.75, 3.05) is 0 Å². The summed E-state index contributed by atoms with van der Waals surface area (Å²) >= 11 is 5.83. The van der Waals surface area contributed by atoms with Crippen LogP contribution in [-0.4, -0.2) is 10.5 Å². The molecule has 0 fully saturated rings. The van der Waals surface area contributed by atoms with Crippen molar-refractivity contribution < 1.29 is 0 Å². The van der Waals surface area contributed by atoms with Gasteiger partial charge >= 0.3 is 0 Å². The van der Waals surface area contributed by atoms with Gasteiger partial charge in [-0.25, -0.2) is 4.98 Å². The molecule has 1 aromatic rings. The maximum atomic E-state index is 5.90. The molecule has 0 saturated carbocycles. The predicted octanol–water partition coefficient (Wildman–Crippen LogP) is 2.71. The van der Waals surface area contributed by atoms with Crippen LogP contribution in [0.5, 0.6) is 0 Å². The monoisotopic (exact) mass is 212 g/mol. The van der Waals surface area contributed by atoms with Crippen molar-refractivity contribution in [3.63, 3.8) is 0 Å². The van der Waals surface area contributed by atoms with E-state index in [4.69, 9.17) is 17.3 Å². The van der Waals surface area contributed by atoms with Crippen LogP contribution in [0.3, 0.4) is 0 Å². The highest BCUT2D eigenvalue weighted by molar-refractivity contribution is 6.30. The van der Waals surface area contributed by atoms with Crippen LogP contribution in [0.4, 0.5) is 0 Å². The zero-order valence-corrected chi connectivity index (χ0v) is 9.73. The van der Waals surface area contributed by atoms with Crippen molar-refractivity contribution in [1.82, 2.24) is 4.98 Å². The highest BCUT2D eigenvalue weighted by atomic mass is 35.5. The summed E-state index contributed by atoms with van der Waals surface area (Å²) in [7, 11) is 0. The summed E-state index contributed by atoms with van der Waals surface area (Å²) in [6, 6.07) is 2.07. The van der Waals surface area contributed by atoms with Crippen LogP contribution >= 0.6 is 11.6 Å². The highest BCUT2D eigenvalue weighted by Gasteiger charge is 2.10. The molecule has 14 heavy (non-hydrogen) atoms. The van der Waals surface area contributed by atoms with Crippen molar-refractivity contribution in [3.05, 3.63) is 28.5 Å². The fourth-order valence-electron chi connectivity index (χ4n) is 1.22. The van der Waals surface area contributed by atoms with Crippen LogP contribution in [0.25, 0.3) is 0 Å². The number of pyridine rings is 1. The third kappa shape index (κ3) is 3.64. The summed E-state index contributed by atoms with van der Waals surface area (Å²) < 4.78 is 0. The van der Waals surface area contributed by atoms with Crippen molar-refractivity contribution in [2.24, 2.45) is 5.73 Å². The number of nitrogens with zero attached hydrogens (tertiary/aromatic N) is 1. The maximum absolute atomic E-state index is 5.90. The van der Waals surface area contributed by atoms with Gasteiger partial charge in [-0.05, 0) is 44.7 Å². The van der Waals surface area contributed by atoms with Gasteiger partial charge in [-0.3, -0.25) is 0 Å². The molecule has 3 heteroatoms. The second-order valence-electron chi connectivity index (χ2n) is 4.44. The minimum Gasteiger partial charge on any atom is -0.326 e. The first-order chi connectivity index (χ1) is 6.38. The lowest BCUT2D eigenvalue weighted by Gasteiger charge is -2.17. The van der Waals surface area contributed by atoms with E-state index >= 15 is 0 Å². The zero-order chi connectivity index (χ0) is 10.8. The number of hydrogen-bond acceptors (Lipinski definition) is 2. The van der Waals surface area contributed by atoms with Crippen molar-refractivity contribution in [3.8, 4) is 0 Å². The van der Waals surface area contributed by atoms with E-state index < -0.39 is 0 Å². The summed E-state index contributed by atoms with van der Waals surface area (Å²) in [6.07, 6.45) is 3.73. The van der Waals surface area contributed by atoms with E-state index in [1.54, 1.807) is 0 Å². The van der Waals surface area contributed by atoms with Gasteiger partial charge in [0.2, 0.25) is 0 Å². The summed E-state index contributed by atoms with van der Waals surface area (Å²) in [6.45, 7) is 6.03. The maximum Gasteiger partial charge on any atom is 0.131 e. The first kappa shape index (κ1) is 11.5. The molecule has 1 rings (SSSR count). The van der Waals surface area contributed by atoms with Gasteiger partial charge < -0.3 is 5.73 Å². The lowest BCUT2D eigenvalue weighted by atomic mass is 9.97. The number of rotatable bonds is 3. The third-order valence-electron chi connectivity index (χ3n) is 2.13. The normalized spacial score (nSPS) is 11.8. The number of aromatic nitrogens is 1. The van der Waals surface area contributed by atoms with E-state index in [9.17, 15) is 0 Å². The van der Waals surface area contributed by atoms with E-state index in [-0.39, 0.29) is 5.54 Å². The molecular weight excluding hydrogens is 196 g/mol. The van der Waals surface area contributed by atoms with Crippen molar-refractivity contribution >= 4 is 11.6 Å². The van der Waals surface area contributed by atoms with Crippen LogP contribution in [0.1, 0.15) is 31.4 Å². The molecule has 2 N–H and O–H groups in total. The average Bonchev–Trinajstić information content (AvgIpc) is 2.06. The second kappa shape index (κ2) is 4.28. The lowest BCUT2D eigenvalue weighted by molar-refractivity contribution is 0.476. The standard InChI is InChI=1S/C11H17ClN2/c1-8-6-9(7-14-10(8)12)4-5-11(2,3)13/h6-7H,4-5,13H2,1-3H3. The molecule has 0 saturated heterocycles. The van der Waals surface area contributed by atoms with Gasteiger partial charge in [0.05, 0.1) is 0 Å². The van der Waals surface area contributed by atoms with Gasteiger partial charge in [0.1, 0.15) is 5.15 Å². The van der Waals surface area contributed by atoms with Gasteiger partial charge in [-0.15, -0.1) is 0 Å². The van der Waals surface area contributed by atoms with Gasteiger partial charge in [0.25, 0.3) is 0 Å². The fraction of sp³-hybridized carbons (Fsp3) is 0.545. The van der Waals surface area contributed by atoms with E-state index in [2.05, 4.69) is 11.1 Å². The number of aryl methyl sites for hydroxylation is 2. The van der Waals surface area contributed by atoms with Crippen LogP contribution in [0.2, 0.25) is 5.15 Å². The molecule has 0 atom stereocenters. The summed E-state index contributed by atoms with van der Waals surface area (Å²) in [5, 5.41) is 0.584. The first-order valence-corrected chi connectivity index (χ1v) is 5.16.